The summed E-state index contributed by atoms with van der Waals surface area (Å²) in [5.74, 6) is 1.70. The Balaban J connectivity index is 0.000000574. The van der Waals surface area contributed by atoms with E-state index in [-0.39, 0.29) is 6.29 Å². The van der Waals surface area contributed by atoms with Crippen molar-refractivity contribution in [3.8, 4) is 0 Å². The largest absolute Gasteiger partial charge is 0.353 e. The molecule has 0 heterocycles. The molecule has 2 atom stereocenters. The second-order valence-corrected chi connectivity index (χ2v) is 6.81. The highest BCUT2D eigenvalue weighted by molar-refractivity contribution is 5.77. The SMILES string of the molecule is C=C.CCC1CCCC(Cc2ccccc2C=O)C1.CCOC(C)OCC. The maximum Gasteiger partial charge on any atom is 0.154 e. The van der Waals surface area contributed by atoms with Crippen LogP contribution in [0, 0.1) is 11.8 Å². The molecular weight excluding hydrogens is 336 g/mol. The monoisotopic (exact) mass is 376 g/mol. The highest BCUT2D eigenvalue weighted by atomic mass is 16.7. The molecule has 0 saturated heterocycles. The van der Waals surface area contributed by atoms with Gasteiger partial charge in [0.25, 0.3) is 0 Å². The van der Waals surface area contributed by atoms with E-state index in [1.807, 2.05) is 39.0 Å². The third-order valence-corrected chi connectivity index (χ3v) is 4.96. The molecular formula is C24H40O3. The quantitative estimate of drug-likeness (QED) is 0.296. The number of rotatable bonds is 8. The third-order valence-electron chi connectivity index (χ3n) is 4.96. The molecule has 1 aromatic rings. The molecule has 1 fully saturated rings. The lowest BCUT2D eigenvalue weighted by Crippen LogP contribution is -2.17. The van der Waals surface area contributed by atoms with Gasteiger partial charge in [-0.3, -0.25) is 4.79 Å². The Morgan fingerprint density at radius 1 is 1.07 bits per heavy atom. The topological polar surface area (TPSA) is 35.5 Å². The van der Waals surface area contributed by atoms with Crippen molar-refractivity contribution in [2.24, 2.45) is 11.8 Å². The van der Waals surface area contributed by atoms with Gasteiger partial charge in [0.15, 0.2) is 6.29 Å². The van der Waals surface area contributed by atoms with Crippen LogP contribution in [0.5, 0.6) is 0 Å². The van der Waals surface area contributed by atoms with E-state index in [0.29, 0.717) is 0 Å². The lowest BCUT2D eigenvalue weighted by molar-refractivity contribution is -0.123. The fraction of sp³-hybridized carbons (Fsp3) is 0.625. The number of carbonyl (C=O) groups is 1. The molecule has 2 unspecified atom stereocenters. The van der Waals surface area contributed by atoms with Gasteiger partial charge in [0, 0.05) is 18.8 Å². The first-order chi connectivity index (χ1) is 13.1. The standard InChI is InChI=1S/C16H22O.C6H14O2.C2H4/c1-2-13-6-5-7-14(10-13)11-15-8-3-4-9-16(15)12-17;1-4-7-6(3)8-5-2;1-2/h3-4,8-9,12-14H,2,5-7,10-11H2,1H3;6H,4-5H2,1-3H3;1-2H2. The van der Waals surface area contributed by atoms with Crippen LogP contribution in [0.15, 0.2) is 37.4 Å². The molecule has 154 valence electrons. The van der Waals surface area contributed by atoms with Crippen LogP contribution in [-0.4, -0.2) is 25.8 Å². The smallest absolute Gasteiger partial charge is 0.154 e. The van der Waals surface area contributed by atoms with Crippen LogP contribution >= 0.6 is 0 Å². The summed E-state index contributed by atoms with van der Waals surface area (Å²) in [7, 11) is 0. The van der Waals surface area contributed by atoms with Gasteiger partial charge in [-0.25, -0.2) is 0 Å². The van der Waals surface area contributed by atoms with Crippen molar-refractivity contribution < 1.29 is 14.3 Å². The molecule has 0 aliphatic heterocycles. The van der Waals surface area contributed by atoms with E-state index in [0.717, 1.165) is 43.3 Å². The molecule has 1 aromatic carbocycles. The van der Waals surface area contributed by atoms with Crippen LogP contribution in [0.4, 0.5) is 0 Å². The minimum atomic E-state index is -0.0370. The summed E-state index contributed by atoms with van der Waals surface area (Å²) < 4.78 is 10.1. The van der Waals surface area contributed by atoms with Gasteiger partial charge in [0.2, 0.25) is 0 Å². The Bertz CT molecular complexity index is 480. The van der Waals surface area contributed by atoms with Gasteiger partial charge in [-0.1, -0.05) is 56.9 Å². The molecule has 0 aromatic heterocycles. The van der Waals surface area contributed by atoms with Gasteiger partial charge in [-0.05, 0) is 51.0 Å². The summed E-state index contributed by atoms with van der Waals surface area (Å²) in [6, 6.07) is 8.03. The number of aldehydes is 1. The second kappa shape index (κ2) is 16.7. The highest BCUT2D eigenvalue weighted by Gasteiger charge is 2.21. The van der Waals surface area contributed by atoms with E-state index < -0.39 is 0 Å². The summed E-state index contributed by atoms with van der Waals surface area (Å²) in [5, 5.41) is 0. The predicted molar refractivity (Wildman–Crippen MR) is 115 cm³/mol. The van der Waals surface area contributed by atoms with E-state index in [9.17, 15) is 4.79 Å². The van der Waals surface area contributed by atoms with Crippen LogP contribution in [0.3, 0.4) is 0 Å². The van der Waals surface area contributed by atoms with Gasteiger partial charge in [-0.2, -0.15) is 0 Å². The van der Waals surface area contributed by atoms with Gasteiger partial charge >= 0.3 is 0 Å². The molecule has 1 aliphatic carbocycles. The number of carbonyl (C=O) groups excluding carboxylic acids is 1. The Morgan fingerprint density at radius 2 is 1.67 bits per heavy atom. The lowest BCUT2D eigenvalue weighted by Gasteiger charge is -2.28. The molecule has 0 radical (unpaired) electrons. The number of hydrogen-bond acceptors (Lipinski definition) is 3. The fourth-order valence-corrected chi connectivity index (χ4v) is 3.62. The molecule has 2 rings (SSSR count). The van der Waals surface area contributed by atoms with Gasteiger partial charge in [0.1, 0.15) is 6.29 Å². The van der Waals surface area contributed by atoms with Crippen molar-refractivity contribution in [2.75, 3.05) is 13.2 Å². The predicted octanol–water partition coefficient (Wildman–Crippen LogP) is 6.47. The Labute approximate surface area is 167 Å². The first kappa shape index (κ1) is 25.6. The third kappa shape index (κ3) is 11.1. The molecule has 0 spiro atoms. The normalized spacial score (nSPS) is 18.7. The molecule has 3 nitrogen and oxygen atoms in total. The van der Waals surface area contributed by atoms with Crippen LogP contribution in [0.1, 0.15) is 75.7 Å². The summed E-state index contributed by atoms with van der Waals surface area (Å²) in [5.41, 5.74) is 2.12. The Kier molecular flexibility index (Phi) is 15.8. The van der Waals surface area contributed by atoms with Crippen LogP contribution < -0.4 is 0 Å². The zero-order valence-corrected chi connectivity index (χ0v) is 17.9. The highest BCUT2D eigenvalue weighted by Crippen LogP contribution is 2.33. The zero-order valence-electron chi connectivity index (χ0n) is 17.9. The average Bonchev–Trinajstić information content (AvgIpc) is 2.71. The van der Waals surface area contributed by atoms with E-state index >= 15 is 0 Å². The molecule has 1 saturated carbocycles. The molecule has 27 heavy (non-hydrogen) atoms. The van der Waals surface area contributed by atoms with Crippen molar-refractivity contribution in [2.45, 2.75) is 72.5 Å². The van der Waals surface area contributed by atoms with Gasteiger partial charge < -0.3 is 9.47 Å². The zero-order chi connectivity index (χ0) is 20.5. The Morgan fingerprint density at radius 3 is 2.22 bits per heavy atom. The molecule has 1 aliphatic rings. The van der Waals surface area contributed by atoms with E-state index in [2.05, 4.69) is 26.1 Å². The van der Waals surface area contributed by atoms with E-state index in [4.69, 9.17) is 9.47 Å². The molecule has 0 bridgehead atoms. The van der Waals surface area contributed by atoms with Crippen molar-refractivity contribution in [3.05, 3.63) is 48.6 Å². The molecule has 0 amide bonds. The van der Waals surface area contributed by atoms with Gasteiger partial charge in [0.05, 0.1) is 0 Å². The van der Waals surface area contributed by atoms with Crippen LogP contribution in [-0.2, 0) is 15.9 Å². The average molecular weight is 377 g/mol. The van der Waals surface area contributed by atoms with E-state index in [1.54, 1.807) is 0 Å². The van der Waals surface area contributed by atoms with Crippen molar-refractivity contribution in [1.82, 2.24) is 0 Å². The summed E-state index contributed by atoms with van der Waals surface area (Å²) in [6.45, 7) is 15.5. The summed E-state index contributed by atoms with van der Waals surface area (Å²) in [4.78, 5) is 11.0. The maximum atomic E-state index is 11.0. The van der Waals surface area contributed by atoms with Crippen molar-refractivity contribution in [3.63, 3.8) is 0 Å². The molecule has 0 N–H and O–H groups in total. The number of ether oxygens (including phenoxy) is 2. The minimum absolute atomic E-state index is 0.0370. The van der Waals surface area contributed by atoms with Gasteiger partial charge in [-0.15, -0.1) is 13.2 Å². The van der Waals surface area contributed by atoms with Crippen LogP contribution in [0.25, 0.3) is 0 Å². The first-order valence-electron chi connectivity index (χ1n) is 10.4. The van der Waals surface area contributed by atoms with Crippen LogP contribution in [0.2, 0.25) is 0 Å². The number of benzene rings is 1. The summed E-state index contributed by atoms with van der Waals surface area (Å²) in [6.07, 6.45) is 8.82. The number of hydrogen-bond donors (Lipinski definition) is 0. The first-order valence-corrected chi connectivity index (χ1v) is 10.4. The molecule has 3 heteroatoms. The van der Waals surface area contributed by atoms with E-state index in [1.165, 1.54) is 37.7 Å². The van der Waals surface area contributed by atoms with Crippen molar-refractivity contribution in [1.29, 1.82) is 0 Å². The fourth-order valence-electron chi connectivity index (χ4n) is 3.62. The lowest BCUT2D eigenvalue weighted by atomic mass is 9.77. The summed E-state index contributed by atoms with van der Waals surface area (Å²) >= 11 is 0. The maximum absolute atomic E-state index is 11.0. The second-order valence-electron chi connectivity index (χ2n) is 6.81. The minimum Gasteiger partial charge on any atom is -0.353 e. The van der Waals surface area contributed by atoms with Crippen molar-refractivity contribution >= 4 is 6.29 Å². The Hall–Kier alpha value is -1.45.